The third-order valence-electron chi connectivity index (χ3n) is 11.7. The number of hydrogen-bond acceptors (Lipinski definition) is 13. The van der Waals surface area contributed by atoms with Crippen molar-refractivity contribution in [2.75, 3.05) is 75.2 Å². The molecule has 5 aromatic rings. The number of hydrogen-bond donors (Lipinski definition) is 3. The van der Waals surface area contributed by atoms with Gasteiger partial charge in [-0.05, 0) is 90.8 Å². The van der Waals surface area contributed by atoms with Crippen LogP contribution in [0.15, 0.2) is 65.5 Å². The van der Waals surface area contributed by atoms with E-state index in [1.807, 2.05) is 18.2 Å². The molecule has 17 heteroatoms. The van der Waals surface area contributed by atoms with Gasteiger partial charge in [-0.25, -0.2) is 9.37 Å². The Kier molecular flexibility index (Phi) is 12.2. The summed E-state index contributed by atoms with van der Waals surface area (Å²) in [6.07, 6.45) is 7.55. The molecule has 0 bridgehead atoms. The summed E-state index contributed by atoms with van der Waals surface area (Å²) in [5, 5.41) is 9.65. The van der Waals surface area contributed by atoms with Crippen LogP contribution in [0, 0.1) is 12.7 Å². The first kappa shape index (κ1) is 41.7. The maximum atomic E-state index is 15.1. The average molecular weight is 900 g/mol. The number of carbonyl (C=O) groups is 2. The van der Waals surface area contributed by atoms with E-state index in [1.54, 1.807) is 51.2 Å². The summed E-state index contributed by atoms with van der Waals surface area (Å²) in [6, 6.07) is 13.5. The minimum absolute atomic E-state index is 0.226. The van der Waals surface area contributed by atoms with E-state index in [-0.39, 0.29) is 18.1 Å². The first-order valence-corrected chi connectivity index (χ1v) is 23.6. The summed E-state index contributed by atoms with van der Waals surface area (Å²) in [5.74, 6) is -0.202. The SMILES string of the molecule is COc1cc(N2CCC(N3CCN(Cc4ccc(C5CCC(=O)NC5=O)c(F)c4)CC3)CC2)c(C)cc1Nc1ncc(Br)c(Nc2ccc3nccnc3c2P(C)(C)=O)n1. The van der Waals surface area contributed by atoms with Gasteiger partial charge in [0.25, 0.3) is 0 Å². The maximum absolute atomic E-state index is 15.1. The van der Waals surface area contributed by atoms with Gasteiger partial charge in [-0.1, -0.05) is 12.1 Å². The number of rotatable bonds is 11. The van der Waals surface area contributed by atoms with Gasteiger partial charge >= 0.3 is 0 Å². The Morgan fingerprint density at radius 1 is 0.933 bits per heavy atom. The van der Waals surface area contributed by atoms with E-state index in [2.05, 4.69) is 80.6 Å². The van der Waals surface area contributed by atoms with Gasteiger partial charge in [0, 0.05) is 94.2 Å². The van der Waals surface area contributed by atoms with Crippen LogP contribution in [-0.2, 0) is 20.7 Å². The standard InChI is InChI=1S/C43H49BrFN10O4P/c1-26-21-35(50-43-48-24-31(44)41(52-43)49-34-9-8-33-39(47-14-13-46-33)40(34)60(3,4)58)37(59-2)23-36(26)55-15-11-28(12-16-55)54-19-17-53(18-20-54)25-27-5-6-29(32(45)22-27)30-7-10-38(56)51-42(30)57/h5-6,8-9,13-14,21-24,28,30H,7,10-12,15-20,25H2,1-4H3,(H,51,56,57)(H2,48,49,50,52). The number of halogens is 2. The summed E-state index contributed by atoms with van der Waals surface area (Å²) in [4.78, 5) is 49.4. The molecule has 0 saturated carbocycles. The van der Waals surface area contributed by atoms with Gasteiger partial charge in [-0.15, -0.1) is 0 Å². The molecule has 2 amide bonds. The van der Waals surface area contributed by atoms with Crippen molar-refractivity contribution >= 4 is 80.1 Å². The van der Waals surface area contributed by atoms with E-state index >= 15 is 4.39 Å². The lowest BCUT2D eigenvalue weighted by Crippen LogP contribution is -2.53. The highest BCUT2D eigenvalue weighted by atomic mass is 79.9. The Labute approximate surface area is 357 Å². The zero-order valence-electron chi connectivity index (χ0n) is 34.2. The fraction of sp³-hybridized carbons (Fsp3) is 0.395. The molecule has 60 heavy (non-hydrogen) atoms. The monoisotopic (exact) mass is 898 g/mol. The van der Waals surface area contributed by atoms with Gasteiger partial charge < -0.3 is 24.8 Å². The molecule has 3 aliphatic rings. The number of carbonyl (C=O) groups excluding carboxylic acids is 2. The summed E-state index contributed by atoms with van der Waals surface area (Å²) in [5.41, 5.74) is 6.11. The van der Waals surface area contributed by atoms with Crippen molar-refractivity contribution in [3.05, 3.63) is 88.0 Å². The molecule has 3 fully saturated rings. The molecule has 1 unspecified atom stereocenters. The molecule has 0 radical (unpaired) electrons. The van der Waals surface area contributed by atoms with Crippen LogP contribution in [0.25, 0.3) is 11.0 Å². The maximum Gasteiger partial charge on any atom is 0.234 e. The molecular weight excluding hydrogens is 850 g/mol. The van der Waals surface area contributed by atoms with Gasteiger partial charge in [0.15, 0.2) is 0 Å². The molecular formula is C43H49BrFN10O4P. The van der Waals surface area contributed by atoms with Crippen LogP contribution in [0.2, 0.25) is 0 Å². The third-order valence-corrected chi connectivity index (χ3v) is 13.8. The van der Waals surface area contributed by atoms with E-state index in [1.165, 1.54) is 0 Å². The first-order chi connectivity index (χ1) is 28.8. The van der Waals surface area contributed by atoms with Crippen molar-refractivity contribution in [1.82, 2.24) is 35.1 Å². The third kappa shape index (κ3) is 9.02. The zero-order valence-corrected chi connectivity index (χ0v) is 36.7. The van der Waals surface area contributed by atoms with E-state index in [0.717, 1.165) is 74.6 Å². The predicted octanol–water partition coefficient (Wildman–Crippen LogP) is 6.68. The highest BCUT2D eigenvalue weighted by molar-refractivity contribution is 9.10. The number of ether oxygens (including phenoxy) is 1. The van der Waals surface area contributed by atoms with Crippen molar-refractivity contribution in [1.29, 1.82) is 0 Å². The van der Waals surface area contributed by atoms with E-state index in [0.29, 0.717) is 68.6 Å². The fourth-order valence-electron chi connectivity index (χ4n) is 8.67. The molecule has 3 aromatic carbocycles. The highest BCUT2D eigenvalue weighted by Gasteiger charge is 2.31. The van der Waals surface area contributed by atoms with Crippen LogP contribution in [-0.4, -0.2) is 107 Å². The molecule has 314 valence electrons. The number of nitrogens with one attached hydrogen (secondary N) is 3. The molecule has 3 N–H and O–H groups in total. The molecule has 3 saturated heterocycles. The van der Waals surface area contributed by atoms with Crippen molar-refractivity contribution in [3.8, 4) is 5.75 Å². The Hall–Kier alpha value is -5.02. The zero-order chi connectivity index (χ0) is 42.1. The van der Waals surface area contributed by atoms with Gasteiger partial charge in [0.2, 0.25) is 17.8 Å². The van der Waals surface area contributed by atoms with E-state index in [9.17, 15) is 14.2 Å². The average Bonchev–Trinajstić information content (AvgIpc) is 3.22. The Morgan fingerprint density at radius 3 is 2.42 bits per heavy atom. The summed E-state index contributed by atoms with van der Waals surface area (Å²) in [6.45, 7) is 11.8. The van der Waals surface area contributed by atoms with Crippen LogP contribution in [0.3, 0.4) is 0 Å². The highest BCUT2D eigenvalue weighted by Crippen LogP contribution is 2.42. The Bertz CT molecular complexity index is 2490. The molecule has 5 heterocycles. The smallest absolute Gasteiger partial charge is 0.234 e. The van der Waals surface area contributed by atoms with Gasteiger partial charge in [0.05, 0.1) is 39.7 Å². The number of amides is 2. The molecule has 1 atom stereocenters. The Balaban J connectivity index is 0.870. The quantitative estimate of drug-likeness (QED) is 0.0954. The lowest BCUT2D eigenvalue weighted by Gasteiger charge is -2.43. The first-order valence-electron chi connectivity index (χ1n) is 20.2. The minimum Gasteiger partial charge on any atom is -0.494 e. The molecule has 3 aliphatic heterocycles. The van der Waals surface area contributed by atoms with Crippen LogP contribution >= 0.6 is 23.1 Å². The Morgan fingerprint density at radius 2 is 1.70 bits per heavy atom. The van der Waals surface area contributed by atoms with Crippen molar-refractivity contribution in [2.45, 2.75) is 51.1 Å². The number of imide groups is 1. The number of piperazine rings is 1. The number of aryl methyl sites for hydroxylation is 1. The summed E-state index contributed by atoms with van der Waals surface area (Å²) >= 11 is 3.58. The van der Waals surface area contributed by atoms with Crippen LogP contribution < -0.4 is 30.9 Å². The molecule has 14 nitrogen and oxygen atoms in total. The van der Waals surface area contributed by atoms with Crippen molar-refractivity contribution in [2.24, 2.45) is 0 Å². The minimum atomic E-state index is -2.77. The van der Waals surface area contributed by atoms with E-state index in [4.69, 9.17) is 9.72 Å². The molecule has 8 rings (SSSR count). The number of piperidine rings is 2. The number of anilines is 5. The lowest BCUT2D eigenvalue weighted by molar-refractivity contribution is -0.134. The topological polar surface area (TPSA) is 158 Å². The molecule has 2 aromatic heterocycles. The largest absolute Gasteiger partial charge is 0.494 e. The van der Waals surface area contributed by atoms with Gasteiger partial charge in [-0.2, -0.15) is 4.98 Å². The van der Waals surface area contributed by atoms with Crippen molar-refractivity contribution < 1.29 is 23.3 Å². The summed E-state index contributed by atoms with van der Waals surface area (Å²) in [7, 11) is -1.11. The number of nitrogens with zero attached hydrogens (tertiary/aromatic N) is 7. The van der Waals surface area contributed by atoms with E-state index < -0.39 is 19.0 Å². The summed E-state index contributed by atoms with van der Waals surface area (Å²) < 4.78 is 35.1. The molecule has 0 aliphatic carbocycles. The van der Waals surface area contributed by atoms with Gasteiger partial charge in [0.1, 0.15) is 30.0 Å². The second kappa shape index (κ2) is 17.5. The predicted molar refractivity (Wildman–Crippen MR) is 236 cm³/mol. The lowest BCUT2D eigenvalue weighted by atomic mass is 9.89. The number of benzene rings is 3. The normalized spacial score (nSPS) is 18.4. The van der Waals surface area contributed by atoms with Crippen molar-refractivity contribution in [3.63, 3.8) is 0 Å². The van der Waals surface area contributed by atoms with Crippen LogP contribution in [0.4, 0.5) is 33.2 Å². The second-order valence-corrected chi connectivity index (χ2v) is 20.1. The number of methoxy groups -OCH3 is 1. The second-order valence-electron chi connectivity index (χ2n) is 16.1. The number of aromatic nitrogens is 4. The molecule has 0 spiro atoms. The van der Waals surface area contributed by atoms with Crippen LogP contribution in [0.5, 0.6) is 5.75 Å². The van der Waals surface area contributed by atoms with Crippen LogP contribution in [0.1, 0.15) is 48.3 Å². The van der Waals surface area contributed by atoms with Gasteiger partial charge in [-0.3, -0.25) is 34.7 Å². The fourth-order valence-corrected chi connectivity index (χ4v) is 10.4. The number of fused-ring (bicyclic) bond motifs is 1.